The van der Waals surface area contributed by atoms with E-state index in [1.807, 2.05) is 0 Å². The molecule has 2 saturated heterocycles. The minimum atomic E-state index is -0.562. The van der Waals surface area contributed by atoms with Gasteiger partial charge in [0, 0.05) is 24.0 Å². The van der Waals surface area contributed by atoms with Gasteiger partial charge in [-0.05, 0) is 68.2 Å². The molecule has 35 heavy (non-hydrogen) atoms. The third kappa shape index (κ3) is 5.97. The first-order valence-electron chi connectivity index (χ1n) is 11.9. The molecule has 2 fully saturated rings. The van der Waals surface area contributed by atoms with Crippen LogP contribution in [0, 0.1) is 5.82 Å². The monoisotopic (exact) mass is 483 g/mol. The Balaban J connectivity index is 1.30. The largest absolute Gasteiger partial charge is 0.497 e. The van der Waals surface area contributed by atoms with Crippen LogP contribution in [0.3, 0.4) is 0 Å². The van der Waals surface area contributed by atoms with E-state index >= 15 is 0 Å². The number of amides is 2. The van der Waals surface area contributed by atoms with Crippen LogP contribution in [0.4, 0.5) is 14.9 Å². The van der Waals surface area contributed by atoms with Gasteiger partial charge in [-0.25, -0.2) is 9.18 Å². The number of benzene rings is 2. The van der Waals surface area contributed by atoms with Gasteiger partial charge in [0.2, 0.25) is 5.91 Å². The topological polar surface area (TPSA) is 97.0 Å². The van der Waals surface area contributed by atoms with Gasteiger partial charge in [-0.1, -0.05) is 6.07 Å². The lowest BCUT2D eigenvalue weighted by atomic mass is 9.88. The fraction of sp³-hybridized carbons (Fsp3) is 0.423. The molecule has 2 aliphatic heterocycles. The molecule has 8 nitrogen and oxygen atoms in total. The molecule has 0 radical (unpaired) electrons. The number of carbonyl (C=O) groups is 3. The number of anilines is 1. The molecule has 9 heteroatoms. The van der Waals surface area contributed by atoms with Crippen molar-refractivity contribution in [2.75, 3.05) is 38.2 Å². The molecule has 0 aliphatic carbocycles. The zero-order chi connectivity index (χ0) is 24.8. The zero-order valence-electron chi connectivity index (χ0n) is 19.7. The smallest absolute Gasteiger partial charge is 0.414 e. The Labute approximate surface area is 203 Å². The number of methoxy groups -OCH3 is 1. The van der Waals surface area contributed by atoms with E-state index in [-0.39, 0.29) is 49.4 Å². The first-order valence-corrected chi connectivity index (χ1v) is 11.9. The van der Waals surface area contributed by atoms with Gasteiger partial charge in [0.15, 0.2) is 5.78 Å². The predicted molar refractivity (Wildman–Crippen MR) is 128 cm³/mol. The molecule has 2 aromatic carbocycles. The van der Waals surface area contributed by atoms with E-state index in [0.29, 0.717) is 22.6 Å². The summed E-state index contributed by atoms with van der Waals surface area (Å²) < 4.78 is 25.3. The van der Waals surface area contributed by atoms with Crippen molar-refractivity contribution in [3.8, 4) is 5.75 Å². The van der Waals surface area contributed by atoms with Crippen molar-refractivity contribution in [1.29, 1.82) is 0 Å². The number of Topliss-reactive ketones (excluding diaryl/α,β-unsaturated/α-hetero) is 1. The number of hydrogen-bond acceptors (Lipinski definition) is 6. The summed E-state index contributed by atoms with van der Waals surface area (Å²) in [5.41, 5.74) is 1.59. The summed E-state index contributed by atoms with van der Waals surface area (Å²) in [5.74, 6) is -0.0800. The van der Waals surface area contributed by atoms with E-state index in [2.05, 4.69) is 10.6 Å². The zero-order valence-corrected chi connectivity index (χ0v) is 19.7. The molecule has 0 unspecified atom stereocenters. The maximum absolute atomic E-state index is 14.8. The number of ether oxygens (including phenoxy) is 2. The Morgan fingerprint density at radius 1 is 1.14 bits per heavy atom. The number of ketones is 1. The molecule has 2 amide bonds. The second-order valence-corrected chi connectivity index (χ2v) is 8.77. The number of nitrogens with zero attached hydrogens (tertiary/aromatic N) is 1. The molecule has 186 valence electrons. The van der Waals surface area contributed by atoms with Crippen molar-refractivity contribution < 1.29 is 28.2 Å². The van der Waals surface area contributed by atoms with Crippen molar-refractivity contribution in [2.24, 2.45) is 0 Å². The van der Waals surface area contributed by atoms with Crippen LogP contribution < -0.4 is 20.3 Å². The lowest BCUT2D eigenvalue weighted by molar-refractivity contribution is -0.121. The Morgan fingerprint density at radius 3 is 2.60 bits per heavy atom. The van der Waals surface area contributed by atoms with Crippen LogP contribution in [0.1, 0.15) is 47.5 Å². The van der Waals surface area contributed by atoms with Crippen molar-refractivity contribution in [3.05, 3.63) is 59.4 Å². The minimum absolute atomic E-state index is 0.0268. The molecule has 0 saturated carbocycles. The molecule has 2 heterocycles. The lowest BCUT2D eigenvalue weighted by Crippen LogP contribution is -2.35. The second-order valence-electron chi connectivity index (χ2n) is 8.77. The average Bonchev–Trinajstić information content (AvgIpc) is 3.26. The van der Waals surface area contributed by atoms with Crippen LogP contribution in [0.5, 0.6) is 5.75 Å². The maximum atomic E-state index is 14.8. The fourth-order valence-electron chi connectivity index (χ4n) is 4.56. The van der Waals surface area contributed by atoms with E-state index in [1.54, 1.807) is 43.5 Å². The van der Waals surface area contributed by atoms with Crippen LogP contribution in [-0.4, -0.2) is 57.2 Å². The molecule has 2 aliphatic rings. The van der Waals surface area contributed by atoms with Crippen molar-refractivity contribution in [3.63, 3.8) is 0 Å². The first-order chi connectivity index (χ1) is 17.0. The average molecular weight is 484 g/mol. The van der Waals surface area contributed by atoms with Crippen molar-refractivity contribution in [2.45, 2.75) is 37.7 Å². The van der Waals surface area contributed by atoms with Crippen LogP contribution in [-0.2, 0) is 9.53 Å². The fourth-order valence-corrected chi connectivity index (χ4v) is 4.56. The summed E-state index contributed by atoms with van der Waals surface area (Å²) in [7, 11) is 1.55. The third-order valence-corrected chi connectivity index (χ3v) is 6.46. The van der Waals surface area contributed by atoms with Gasteiger partial charge in [0.05, 0.1) is 25.9 Å². The minimum Gasteiger partial charge on any atom is -0.497 e. The van der Waals surface area contributed by atoms with Gasteiger partial charge in [-0.2, -0.15) is 0 Å². The SMILES string of the molecule is COc1ccc(C(=O)CCC(=O)NC[C@H]2CN(c3cccc(F)c3C3CCNCC3)C(=O)O2)cc1. The van der Waals surface area contributed by atoms with Crippen LogP contribution in [0.15, 0.2) is 42.5 Å². The van der Waals surface area contributed by atoms with E-state index < -0.39 is 12.2 Å². The molecular weight excluding hydrogens is 453 g/mol. The quantitative estimate of drug-likeness (QED) is 0.531. The Morgan fingerprint density at radius 2 is 1.89 bits per heavy atom. The number of piperidine rings is 1. The van der Waals surface area contributed by atoms with E-state index in [1.165, 1.54) is 11.0 Å². The second kappa shape index (κ2) is 11.3. The van der Waals surface area contributed by atoms with E-state index in [9.17, 15) is 18.8 Å². The molecule has 0 spiro atoms. The van der Waals surface area contributed by atoms with Crippen molar-refractivity contribution in [1.82, 2.24) is 10.6 Å². The highest BCUT2D eigenvalue weighted by Crippen LogP contribution is 2.36. The number of cyclic esters (lactones) is 1. The number of halogens is 1. The molecule has 2 aromatic rings. The summed E-state index contributed by atoms with van der Waals surface area (Å²) in [6.45, 7) is 1.94. The van der Waals surface area contributed by atoms with Gasteiger partial charge in [-0.3, -0.25) is 14.5 Å². The summed E-state index contributed by atoms with van der Waals surface area (Å²) in [6.07, 6.45) is 0.570. The molecule has 4 rings (SSSR count). The van der Waals surface area contributed by atoms with Gasteiger partial charge < -0.3 is 20.1 Å². The third-order valence-electron chi connectivity index (χ3n) is 6.46. The van der Waals surface area contributed by atoms with Gasteiger partial charge >= 0.3 is 6.09 Å². The number of rotatable bonds is 9. The van der Waals surface area contributed by atoms with Crippen LogP contribution in [0.2, 0.25) is 0 Å². The highest BCUT2D eigenvalue weighted by molar-refractivity contribution is 5.98. The van der Waals surface area contributed by atoms with Gasteiger partial charge in [0.25, 0.3) is 0 Å². The maximum Gasteiger partial charge on any atom is 0.414 e. The summed E-state index contributed by atoms with van der Waals surface area (Å²) in [4.78, 5) is 38.6. The van der Waals surface area contributed by atoms with Gasteiger partial charge in [0.1, 0.15) is 17.7 Å². The van der Waals surface area contributed by atoms with Crippen molar-refractivity contribution >= 4 is 23.5 Å². The highest BCUT2D eigenvalue weighted by Gasteiger charge is 2.35. The number of nitrogens with one attached hydrogen (secondary N) is 2. The standard InChI is InChI=1S/C26H30FN3O5/c1-34-19-7-5-17(6-8-19)23(31)9-10-24(32)29-15-20-16-30(26(33)35-20)22-4-2-3-21(27)25(22)18-11-13-28-14-12-18/h2-8,18,20,28H,9-16H2,1H3,(H,29,32)/t20-/m0/s1. The van der Waals surface area contributed by atoms with Crippen LogP contribution >= 0.6 is 0 Å². The predicted octanol–water partition coefficient (Wildman–Crippen LogP) is 3.41. The van der Waals surface area contributed by atoms with E-state index in [0.717, 1.165) is 25.9 Å². The first kappa shape index (κ1) is 24.7. The normalized spacial score (nSPS) is 18.3. The Kier molecular flexibility index (Phi) is 7.97. The molecule has 0 aromatic heterocycles. The highest BCUT2D eigenvalue weighted by atomic mass is 19.1. The number of hydrogen-bond donors (Lipinski definition) is 2. The molecular formula is C26H30FN3O5. The Bertz CT molecular complexity index is 1070. The van der Waals surface area contributed by atoms with Gasteiger partial charge in [-0.15, -0.1) is 0 Å². The number of carbonyl (C=O) groups excluding carboxylic acids is 3. The summed E-state index contributed by atoms with van der Waals surface area (Å²) in [5, 5.41) is 6.01. The molecule has 0 bridgehead atoms. The lowest BCUT2D eigenvalue weighted by Gasteiger charge is -2.27. The summed E-state index contributed by atoms with van der Waals surface area (Å²) >= 11 is 0. The molecule has 1 atom stereocenters. The van der Waals surface area contributed by atoms with E-state index in [4.69, 9.17) is 9.47 Å². The summed E-state index contributed by atoms with van der Waals surface area (Å²) in [6, 6.07) is 11.5. The van der Waals surface area contributed by atoms with Crippen LogP contribution in [0.25, 0.3) is 0 Å². The Hall–Kier alpha value is -3.46. The molecule has 2 N–H and O–H groups in total.